The lowest BCUT2D eigenvalue weighted by Gasteiger charge is -2.16. The molecule has 1 saturated heterocycles. The molecule has 26 heavy (non-hydrogen) atoms. The van der Waals surface area contributed by atoms with Crippen LogP contribution >= 0.6 is 0 Å². The molecule has 7 nitrogen and oxygen atoms in total. The van der Waals surface area contributed by atoms with E-state index >= 15 is 0 Å². The molecule has 1 amide bonds. The molecule has 0 radical (unpaired) electrons. The minimum atomic E-state index is 0.137. The Morgan fingerprint density at radius 2 is 2.19 bits per heavy atom. The molecule has 0 bridgehead atoms. The normalized spacial score (nSPS) is 17.1. The van der Waals surface area contributed by atoms with Crippen LogP contribution in [0.5, 0.6) is 0 Å². The lowest BCUT2D eigenvalue weighted by Crippen LogP contribution is -2.28. The molecular formula is C19H27N5O2. The summed E-state index contributed by atoms with van der Waals surface area (Å²) in [4.78, 5) is 23.4. The second-order valence-corrected chi connectivity index (χ2v) is 7.20. The third-order valence-corrected chi connectivity index (χ3v) is 4.77. The van der Waals surface area contributed by atoms with E-state index in [0.717, 1.165) is 36.6 Å². The fraction of sp³-hybridized carbons (Fsp3) is 0.579. The number of hydrogen-bond acceptors (Lipinski definition) is 6. The summed E-state index contributed by atoms with van der Waals surface area (Å²) in [5, 5.41) is 7.11. The van der Waals surface area contributed by atoms with Gasteiger partial charge in [-0.2, -0.15) is 4.98 Å². The molecule has 0 unspecified atom stereocenters. The average Bonchev–Trinajstić information content (AvgIpc) is 3.28. The van der Waals surface area contributed by atoms with Crippen LogP contribution in [0.4, 0.5) is 5.69 Å². The molecule has 0 spiro atoms. The lowest BCUT2D eigenvalue weighted by atomic mass is 10.0. The first-order valence-corrected chi connectivity index (χ1v) is 9.23. The molecule has 1 aliphatic rings. The Labute approximate surface area is 154 Å². The smallest absolute Gasteiger partial charge is 0.227 e. The van der Waals surface area contributed by atoms with E-state index in [2.05, 4.69) is 26.5 Å². The quantitative estimate of drug-likeness (QED) is 0.856. The summed E-state index contributed by atoms with van der Waals surface area (Å²) in [5.41, 5.74) is 3.12. The first-order chi connectivity index (χ1) is 12.5. The van der Waals surface area contributed by atoms with Gasteiger partial charge < -0.3 is 14.7 Å². The van der Waals surface area contributed by atoms with Gasteiger partial charge in [-0.3, -0.25) is 9.78 Å². The van der Waals surface area contributed by atoms with Crippen LogP contribution in [0.2, 0.25) is 0 Å². The number of nitrogens with one attached hydrogen (secondary N) is 1. The molecule has 7 heteroatoms. The van der Waals surface area contributed by atoms with E-state index in [4.69, 9.17) is 4.52 Å². The van der Waals surface area contributed by atoms with Crippen molar-refractivity contribution >= 4 is 11.6 Å². The maximum Gasteiger partial charge on any atom is 0.227 e. The van der Waals surface area contributed by atoms with Crippen molar-refractivity contribution < 1.29 is 9.32 Å². The van der Waals surface area contributed by atoms with Crippen molar-refractivity contribution in [2.24, 2.45) is 0 Å². The van der Waals surface area contributed by atoms with Crippen LogP contribution < -0.4 is 5.32 Å². The van der Waals surface area contributed by atoms with Gasteiger partial charge in [0.25, 0.3) is 0 Å². The molecule has 0 saturated carbocycles. The summed E-state index contributed by atoms with van der Waals surface area (Å²) in [7, 11) is 1.91. The van der Waals surface area contributed by atoms with Crippen LogP contribution in [-0.4, -0.2) is 46.1 Å². The first-order valence-electron chi connectivity index (χ1n) is 9.23. The second-order valence-electron chi connectivity index (χ2n) is 7.20. The highest BCUT2D eigenvalue weighted by Gasteiger charge is 2.28. The highest BCUT2D eigenvalue weighted by atomic mass is 16.5. The standard InChI is InChI=1S/C19H27N5O2/c1-12(2)19-22-17(26-23-19)5-6-18(25)24-8-7-14(11-24)16-10-15(20-4)9-13(3)21-16/h9-10,12,14H,5-8,11H2,1-4H3,(H,20,21)/t14-/m1/s1. The predicted molar refractivity (Wildman–Crippen MR) is 99.2 cm³/mol. The highest BCUT2D eigenvalue weighted by molar-refractivity contribution is 5.76. The molecular weight excluding hydrogens is 330 g/mol. The van der Waals surface area contributed by atoms with Crippen molar-refractivity contribution in [2.45, 2.75) is 51.9 Å². The van der Waals surface area contributed by atoms with Crippen LogP contribution in [0, 0.1) is 6.92 Å². The van der Waals surface area contributed by atoms with Crippen molar-refractivity contribution in [1.82, 2.24) is 20.0 Å². The van der Waals surface area contributed by atoms with Gasteiger partial charge in [0.05, 0.1) is 0 Å². The monoisotopic (exact) mass is 357 g/mol. The Bertz CT molecular complexity index is 771. The maximum absolute atomic E-state index is 12.5. The molecule has 2 aromatic heterocycles. The Morgan fingerprint density at radius 1 is 1.38 bits per heavy atom. The number of rotatable bonds is 6. The van der Waals surface area contributed by atoms with Gasteiger partial charge in [0.1, 0.15) is 0 Å². The molecule has 3 rings (SSSR count). The van der Waals surface area contributed by atoms with Gasteiger partial charge in [0, 0.05) is 61.9 Å². The van der Waals surface area contributed by atoms with Gasteiger partial charge in [-0.1, -0.05) is 19.0 Å². The zero-order valence-electron chi connectivity index (χ0n) is 16.0. The van der Waals surface area contributed by atoms with E-state index in [0.29, 0.717) is 30.5 Å². The zero-order valence-corrected chi connectivity index (χ0v) is 16.0. The Morgan fingerprint density at radius 3 is 2.88 bits per heavy atom. The second kappa shape index (κ2) is 7.85. The van der Waals surface area contributed by atoms with Crippen LogP contribution in [0.1, 0.15) is 61.6 Å². The van der Waals surface area contributed by atoms with Crippen molar-refractivity contribution in [1.29, 1.82) is 0 Å². The van der Waals surface area contributed by atoms with E-state index < -0.39 is 0 Å². The van der Waals surface area contributed by atoms with E-state index in [-0.39, 0.29) is 11.8 Å². The number of anilines is 1. The third kappa shape index (κ3) is 4.20. The molecule has 3 heterocycles. The Hall–Kier alpha value is -2.44. The summed E-state index contributed by atoms with van der Waals surface area (Å²) >= 11 is 0. The molecule has 1 aliphatic heterocycles. The van der Waals surface area contributed by atoms with Crippen LogP contribution in [0.25, 0.3) is 0 Å². The van der Waals surface area contributed by atoms with Crippen LogP contribution in [0.15, 0.2) is 16.7 Å². The first kappa shape index (κ1) is 18.4. The van der Waals surface area contributed by atoms with Crippen LogP contribution in [0.3, 0.4) is 0 Å². The number of pyridine rings is 1. The van der Waals surface area contributed by atoms with E-state index in [1.54, 1.807) is 0 Å². The summed E-state index contributed by atoms with van der Waals surface area (Å²) in [6.45, 7) is 7.53. The summed E-state index contributed by atoms with van der Waals surface area (Å²) < 4.78 is 5.22. The SMILES string of the molecule is CNc1cc(C)nc([C@@H]2CCN(C(=O)CCc3nc(C(C)C)no3)C2)c1. The van der Waals surface area contributed by atoms with Crippen molar-refractivity contribution in [3.63, 3.8) is 0 Å². The topological polar surface area (TPSA) is 84.2 Å². The van der Waals surface area contributed by atoms with Gasteiger partial charge in [-0.15, -0.1) is 0 Å². The number of aromatic nitrogens is 3. The van der Waals surface area contributed by atoms with Gasteiger partial charge in [0.2, 0.25) is 11.8 Å². The van der Waals surface area contributed by atoms with E-state index in [1.807, 2.05) is 38.8 Å². The lowest BCUT2D eigenvalue weighted by molar-refractivity contribution is -0.130. The number of amides is 1. The number of carbonyl (C=O) groups is 1. The minimum absolute atomic E-state index is 0.137. The molecule has 1 atom stereocenters. The summed E-state index contributed by atoms with van der Waals surface area (Å²) in [5.74, 6) is 1.89. The fourth-order valence-electron chi connectivity index (χ4n) is 3.25. The third-order valence-electron chi connectivity index (χ3n) is 4.77. The fourth-order valence-corrected chi connectivity index (χ4v) is 3.25. The van der Waals surface area contributed by atoms with Crippen LogP contribution in [-0.2, 0) is 11.2 Å². The zero-order chi connectivity index (χ0) is 18.7. The highest BCUT2D eigenvalue weighted by Crippen LogP contribution is 2.28. The largest absolute Gasteiger partial charge is 0.388 e. The van der Waals surface area contributed by atoms with Gasteiger partial charge in [0.15, 0.2) is 5.82 Å². The molecule has 140 valence electrons. The molecule has 2 aromatic rings. The predicted octanol–water partition coefficient (Wildman–Crippen LogP) is 2.89. The van der Waals surface area contributed by atoms with Gasteiger partial charge in [-0.05, 0) is 25.5 Å². The number of carbonyl (C=O) groups excluding carboxylic acids is 1. The molecule has 1 N–H and O–H groups in total. The Kier molecular flexibility index (Phi) is 5.54. The number of nitrogens with zero attached hydrogens (tertiary/aromatic N) is 4. The molecule has 1 fully saturated rings. The van der Waals surface area contributed by atoms with Crippen molar-refractivity contribution in [3.05, 3.63) is 35.2 Å². The van der Waals surface area contributed by atoms with Crippen molar-refractivity contribution in [3.8, 4) is 0 Å². The molecule has 0 aliphatic carbocycles. The summed E-state index contributed by atoms with van der Waals surface area (Å²) in [6, 6.07) is 4.11. The van der Waals surface area contributed by atoms with Gasteiger partial charge >= 0.3 is 0 Å². The van der Waals surface area contributed by atoms with E-state index in [1.165, 1.54) is 0 Å². The van der Waals surface area contributed by atoms with E-state index in [9.17, 15) is 4.79 Å². The maximum atomic E-state index is 12.5. The van der Waals surface area contributed by atoms with Gasteiger partial charge in [-0.25, -0.2) is 0 Å². The number of hydrogen-bond donors (Lipinski definition) is 1. The van der Waals surface area contributed by atoms with Crippen molar-refractivity contribution in [2.75, 3.05) is 25.5 Å². The summed E-state index contributed by atoms with van der Waals surface area (Å²) in [6.07, 6.45) is 1.84. The minimum Gasteiger partial charge on any atom is -0.388 e. The molecule has 0 aromatic carbocycles. The number of aryl methyl sites for hydroxylation is 2. The number of likely N-dealkylation sites (tertiary alicyclic amines) is 1. The average molecular weight is 357 g/mol. The Balaban J connectivity index is 1.56.